The number of thiocarbonyl (C=S) groups is 1. The lowest BCUT2D eigenvalue weighted by atomic mass is 10.2. The molecule has 0 saturated carbocycles. The van der Waals surface area contributed by atoms with Crippen LogP contribution in [0.5, 0.6) is 5.88 Å². The number of carboxylic acid groups (broad SMARTS) is 1. The number of benzene rings is 1. The summed E-state index contributed by atoms with van der Waals surface area (Å²) < 4.78 is 14.4. The Morgan fingerprint density at radius 1 is 1.28 bits per heavy atom. The van der Waals surface area contributed by atoms with Crippen LogP contribution in [-0.2, 0) is 17.8 Å². The van der Waals surface area contributed by atoms with Gasteiger partial charge in [0.05, 0.1) is 6.54 Å². The minimum Gasteiger partial charge on any atom is -0.492 e. The van der Waals surface area contributed by atoms with E-state index >= 15 is 0 Å². The zero-order valence-corrected chi connectivity index (χ0v) is 17.9. The molecule has 0 unspecified atom stereocenters. The zero-order valence-electron chi connectivity index (χ0n) is 16.3. The summed E-state index contributed by atoms with van der Waals surface area (Å²) in [4.78, 5) is 42.7. The fourth-order valence-electron chi connectivity index (χ4n) is 3.31. The number of thiazole rings is 1. The second kappa shape index (κ2) is 8.51. The smallest absolute Gasteiger partial charge is 0.322 e. The predicted molar refractivity (Wildman–Crippen MR) is 118 cm³/mol. The number of aliphatic carboxylic acids is 1. The van der Waals surface area contributed by atoms with Crippen LogP contribution in [-0.4, -0.2) is 54.6 Å². The van der Waals surface area contributed by atoms with Gasteiger partial charge in [-0.1, -0.05) is 11.3 Å². The quantitative estimate of drug-likeness (QED) is 0.408. The lowest BCUT2D eigenvalue weighted by Crippen LogP contribution is -2.39. The van der Waals surface area contributed by atoms with Gasteiger partial charge in [0.2, 0.25) is 10.8 Å². The fraction of sp³-hybridized carbons (Fsp3) is 0.211. The Morgan fingerprint density at radius 2 is 2.00 bits per heavy atom. The monoisotopic (exact) mass is 477 g/mol. The van der Waals surface area contributed by atoms with Crippen molar-refractivity contribution in [3.63, 3.8) is 0 Å². The van der Waals surface area contributed by atoms with Crippen LogP contribution in [0.4, 0.5) is 10.1 Å². The predicted octanol–water partition coefficient (Wildman–Crippen LogP) is 1.17. The van der Waals surface area contributed by atoms with Crippen molar-refractivity contribution in [2.24, 2.45) is 0 Å². The van der Waals surface area contributed by atoms with Gasteiger partial charge in [-0.15, -0.1) is 0 Å². The number of carbonyl (C=O) groups excluding carboxylic acids is 1. The van der Waals surface area contributed by atoms with E-state index in [1.54, 1.807) is 12.1 Å². The molecule has 10 nitrogen and oxygen atoms in total. The van der Waals surface area contributed by atoms with Gasteiger partial charge in [0, 0.05) is 29.2 Å². The van der Waals surface area contributed by atoms with Crippen molar-refractivity contribution in [3.05, 3.63) is 56.6 Å². The summed E-state index contributed by atoms with van der Waals surface area (Å²) in [5.74, 6) is -3.42. The van der Waals surface area contributed by atoms with E-state index in [1.807, 2.05) is 4.90 Å². The molecule has 0 atom stereocenters. The molecule has 32 heavy (non-hydrogen) atoms. The minimum atomic E-state index is -1.29. The van der Waals surface area contributed by atoms with Gasteiger partial charge in [0.1, 0.15) is 12.4 Å². The highest BCUT2D eigenvalue weighted by molar-refractivity contribution is 7.80. The van der Waals surface area contributed by atoms with Gasteiger partial charge in [-0.05, 0) is 36.5 Å². The largest absolute Gasteiger partial charge is 0.492 e. The van der Waals surface area contributed by atoms with Gasteiger partial charge in [0.15, 0.2) is 10.7 Å². The summed E-state index contributed by atoms with van der Waals surface area (Å²) >= 11 is 6.63. The fourth-order valence-corrected chi connectivity index (χ4v) is 4.75. The van der Waals surface area contributed by atoms with Crippen molar-refractivity contribution in [2.75, 3.05) is 18.4 Å². The summed E-state index contributed by atoms with van der Waals surface area (Å²) in [7, 11) is 0. The number of aromatic hydroxyl groups is 1. The highest BCUT2D eigenvalue weighted by Crippen LogP contribution is 2.29. The summed E-state index contributed by atoms with van der Waals surface area (Å²) in [5, 5.41) is 24.4. The van der Waals surface area contributed by atoms with Crippen LogP contribution in [0.15, 0.2) is 29.1 Å². The average molecular weight is 477 g/mol. The maximum absolute atomic E-state index is 13.1. The molecule has 0 aliphatic carbocycles. The third kappa shape index (κ3) is 4.11. The molecule has 0 saturated heterocycles. The Balaban J connectivity index is 1.60. The number of carboxylic acids is 1. The Labute approximate surface area is 188 Å². The molecule has 1 aromatic carbocycles. The number of hydrogen-bond acceptors (Lipinski definition) is 7. The Bertz CT molecular complexity index is 1300. The van der Waals surface area contributed by atoms with Crippen molar-refractivity contribution >= 4 is 51.2 Å². The molecule has 1 amide bonds. The van der Waals surface area contributed by atoms with Gasteiger partial charge in [-0.3, -0.25) is 18.8 Å². The first kappa shape index (κ1) is 21.6. The zero-order chi connectivity index (χ0) is 23.0. The van der Waals surface area contributed by atoms with Crippen LogP contribution in [0.3, 0.4) is 0 Å². The number of carbonyl (C=O) groups is 2. The number of fused-ring (bicyclic) bond motifs is 3. The molecule has 4 rings (SSSR count). The first-order valence-electron chi connectivity index (χ1n) is 9.32. The standard InChI is InChI=1S/C19H16FN5O5S2/c20-9-1-3-10(4-2-9)22-18(31)24-6-5-11-12(8-24)32-19-23-16(29)14(17(30)25(11)19)15(28)21-7-13(26)27/h1-4,29H,5-8H2,(H,21,28)(H,22,31)(H,26,27). The number of nitrogens with zero attached hydrogens (tertiary/aromatic N) is 3. The van der Waals surface area contributed by atoms with Crippen LogP contribution >= 0.6 is 23.6 Å². The summed E-state index contributed by atoms with van der Waals surface area (Å²) in [6, 6.07) is 5.78. The number of rotatable bonds is 4. The van der Waals surface area contributed by atoms with Gasteiger partial charge < -0.3 is 25.7 Å². The second-order valence-electron chi connectivity index (χ2n) is 6.89. The van der Waals surface area contributed by atoms with E-state index in [0.717, 1.165) is 4.88 Å². The third-order valence-electron chi connectivity index (χ3n) is 4.80. The summed E-state index contributed by atoms with van der Waals surface area (Å²) in [6.45, 7) is 0.145. The van der Waals surface area contributed by atoms with Crippen LogP contribution in [0.2, 0.25) is 0 Å². The molecule has 1 aliphatic rings. The van der Waals surface area contributed by atoms with Crippen molar-refractivity contribution in [2.45, 2.75) is 13.0 Å². The lowest BCUT2D eigenvalue weighted by molar-refractivity contribution is -0.135. The van der Waals surface area contributed by atoms with Crippen molar-refractivity contribution in [3.8, 4) is 5.88 Å². The molecule has 4 N–H and O–H groups in total. The molecule has 13 heteroatoms. The van der Waals surface area contributed by atoms with E-state index in [9.17, 15) is 23.9 Å². The molecule has 166 valence electrons. The molecular formula is C19H16FN5O5S2. The molecule has 3 heterocycles. The van der Waals surface area contributed by atoms with E-state index in [-0.39, 0.29) is 10.8 Å². The molecule has 3 aromatic rings. The van der Waals surface area contributed by atoms with Crippen LogP contribution < -0.4 is 16.2 Å². The van der Waals surface area contributed by atoms with Gasteiger partial charge in [-0.2, -0.15) is 4.98 Å². The van der Waals surface area contributed by atoms with Crippen LogP contribution in [0.1, 0.15) is 20.9 Å². The maximum atomic E-state index is 13.1. The van der Waals surface area contributed by atoms with Gasteiger partial charge >= 0.3 is 5.97 Å². The minimum absolute atomic E-state index is 0.214. The number of anilines is 1. The SMILES string of the molecule is O=C(O)CNC(=O)c1c(O)nc2sc3c(n2c1=O)CCN(C(=S)Nc1ccc(F)cc1)C3. The van der Waals surface area contributed by atoms with Crippen molar-refractivity contribution < 1.29 is 24.2 Å². The van der Waals surface area contributed by atoms with E-state index in [0.29, 0.717) is 36.0 Å². The average Bonchev–Trinajstić information content (AvgIpc) is 3.11. The van der Waals surface area contributed by atoms with Crippen molar-refractivity contribution in [1.82, 2.24) is 19.6 Å². The van der Waals surface area contributed by atoms with Crippen molar-refractivity contribution in [1.29, 1.82) is 0 Å². The Hall–Kier alpha value is -3.58. The second-order valence-corrected chi connectivity index (χ2v) is 8.34. The normalized spacial score (nSPS) is 13.0. The highest BCUT2D eigenvalue weighted by Gasteiger charge is 2.28. The highest BCUT2D eigenvalue weighted by atomic mass is 32.1. The van der Waals surface area contributed by atoms with Gasteiger partial charge in [0.25, 0.3) is 11.5 Å². The molecule has 2 aromatic heterocycles. The first-order valence-corrected chi connectivity index (χ1v) is 10.5. The van der Waals surface area contributed by atoms with E-state index < -0.39 is 35.4 Å². The molecule has 1 aliphatic heterocycles. The first-order chi connectivity index (χ1) is 15.2. The molecule has 0 bridgehead atoms. The molecule has 0 radical (unpaired) electrons. The summed E-state index contributed by atoms with van der Waals surface area (Å²) in [6.07, 6.45) is 0.420. The topological polar surface area (TPSA) is 136 Å². The number of amides is 1. The van der Waals surface area contributed by atoms with E-state index in [4.69, 9.17) is 17.3 Å². The Kier molecular flexibility index (Phi) is 5.76. The molecule has 0 fully saturated rings. The lowest BCUT2D eigenvalue weighted by Gasteiger charge is -2.29. The summed E-state index contributed by atoms with van der Waals surface area (Å²) in [5.41, 5.74) is -0.0948. The number of aromatic nitrogens is 2. The van der Waals surface area contributed by atoms with Crippen LogP contribution in [0, 0.1) is 5.82 Å². The molecule has 0 spiro atoms. The molecular weight excluding hydrogens is 461 g/mol. The van der Waals surface area contributed by atoms with E-state index in [2.05, 4.69) is 15.6 Å². The van der Waals surface area contributed by atoms with Gasteiger partial charge in [-0.25, -0.2) is 4.39 Å². The third-order valence-corrected chi connectivity index (χ3v) is 6.23. The Morgan fingerprint density at radius 3 is 2.69 bits per heavy atom. The number of halogens is 1. The maximum Gasteiger partial charge on any atom is 0.322 e. The number of hydrogen-bond donors (Lipinski definition) is 4. The number of nitrogens with one attached hydrogen (secondary N) is 2. The van der Waals surface area contributed by atoms with Crippen LogP contribution in [0.25, 0.3) is 4.96 Å². The van der Waals surface area contributed by atoms with E-state index in [1.165, 1.54) is 27.9 Å².